The summed E-state index contributed by atoms with van der Waals surface area (Å²) in [5.74, 6) is 0. The average Bonchev–Trinajstić information content (AvgIpc) is 2.25. The summed E-state index contributed by atoms with van der Waals surface area (Å²) in [5, 5.41) is 3.10. The van der Waals surface area contributed by atoms with Crippen LogP contribution in [0, 0.1) is 0 Å². The van der Waals surface area contributed by atoms with Crippen LogP contribution in [-0.2, 0) is 0 Å². The number of aromatic nitrogens is 1. The number of hydrogen-bond acceptors (Lipinski definition) is 3. The van der Waals surface area contributed by atoms with Crippen LogP contribution in [0.4, 0.5) is 5.69 Å². The van der Waals surface area contributed by atoms with Crippen molar-refractivity contribution in [1.29, 1.82) is 0 Å². The summed E-state index contributed by atoms with van der Waals surface area (Å²) >= 11 is 0. The monoisotopic (exact) mass is 160 g/mol. The highest BCUT2D eigenvalue weighted by atomic mass is 16.1. The van der Waals surface area contributed by atoms with E-state index >= 15 is 0 Å². The third kappa shape index (κ3) is 1.21. The minimum atomic E-state index is -0.209. The van der Waals surface area contributed by atoms with Crippen molar-refractivity contribution in [2.75, 3.05) is 11.9 Å². The molecule has 1 aliphatic rings. The molecular weight excluding hydrogens is 152 g/mol. The summed E-state index contributed by atoms with van der Waals surface area (Å²) in [7, 11) is 0. The lowest BCUT2D eigenvalue weighted by Crippen LogP contribution is -2.05. The molecule has 0 saturated heterocycles. The third-order valence-corrected chi connectivity index (χ3v) is 1.74. The maximum absolute atomic E-state index is 11.0. The van der Waals surface area contributed by atoms with Gasteiger partial charge in [0.15, 0.2) is 0 Å². The molecule has 2 heterocycles. The molecule has 0 aromatic carbocycles. The van der Waals surface area contributed by atoms with Crippen molar-refractivity contribution in [3.8, 4) is 0 Å². The topological polar surface area (TPSA) is 42.0 Å². The van der Waals surface area contributed by atoms with E-state index in [-0.39, 0.29) is 5.56 Å². The number of nitrogens with one attached hydrogen (secondary N) is 1. The Kier molecular flexibility index (Phi) is 1.63. The van der Waals surface area contributed by atoms with E-state index in [1.165, 1.54) is 12.3 Å². The summed E-state index contributed by atoms with van der Waals surface area (Å²) in [6.07, 6.45) is 5.51. The molecule has 0 amide bonds. The fraction of sp³-hybridized carbons (Fsp3) is 0.111. The molecule has 1 aromatic rings. The van der Waals surface area contributed by atoms with Gasteiger partial charge < -0.3 is 5.32 Å². The van der Waals surface area contributed by atoms with Gasteiger partial charge in [-0.25, -0.2) is 4.98 Å². The van der Waals surface area contributed by atoms with Crippen molar-refractivity contribution in [1.82, 2.24) is 4.98 Å². The second-order valence-corrected chi connectivity index (χ2v) is 2.58. The van der Waals surface area contributed by atoms with Gasteiger partial charge in [-0.3, -0.25) is 4.79 Å². The Morgan fingerprint density at radius 2 is 2.42 bits per heavy atom. The van der Waals surface area contributed by atoms with Crippen LogP contribution < -0.4 is 10.9 Å². The zero-order valence-corrected chi connectivity index (χ0v) is 6.45. The molecule has 0 fully saturated rings. The Hall–Kier alpha value is -1.64. The normalized spacial score (nSPS) is 13.3. The fourth-order valence-electron chi connectivity index (χ4n) is 1.18. The molecule has 3 nitrogen and oxygen atoms in total. The van der Waals surface area contributed by atoms with Gasteiger partial charge >= 0.3 is 0 Å². The number of nitrogens with zero attached hydrogens (tertiary/aromatic N) is 1. The summed E-state index contributed by atoms with van der Waals surface area (Å²) in [4.78, 5) is 14.6. The Bertz CT molecular complexity index is 385. The van der Waals surface area contributed by atoms with Crippen LogP contribution in [0.15, 0.2) is 29.2 Å². The maximum atomic E-state index is 11.0. The second kappa shape index (κ2) is 2.77. The van der Waals surface area contributed by atoms with Gasteiger partial charge in [-0.2, -0.15) is 0 Å². The molecule has 0 atom stereocenters. The Morgan fingerprint density at radius 1 is 1.50 bits per heavy atom. The molecule has 0 aliphatic carbocycles. The zero-order chi connectivity index (χ0) is 8.39. The minimum absolute atomic E-state index is 0.209. The minimum Gasteiger partial charge on any atom is -0.381 e. The van der Waals surface area contributed by atoms with Crippen LogP contribution in [-0.4, -0.2) is 11.5 Å². The SMILES string of the molecule is O=c1cc2c(ccn1)C=CCN2. The summed E-state index contributed by atoms with van der Waals surface area (Å²) < 4.78 is 0. The predicted molar refractivity (Wildman–Crippen MR) is 48.0 cm³/mol. The van der Waals surface area contributed by atoms with Gasteiger partial charge in [-0.1, -0.05) is 12.2 Å². The molecule has 60 valence electrons. The molecule has 0 radical (unpaired) electrons. The lowest BCUT2D eigenvalue weighted by atomic mass is 10.2. The zero-order valence-electron chi connectivity index (χ0n) is 6.45. The van der Waals surface area contributed by atoms with Crippen LogP contribution in [0.25, 0.3) is 6.08 Å². The van der Waals surface area contributed by atoms with Crippen molar-refractivity contribution in [3.05, 3.63) is 40.3 Å². The van der Waals surface area contributed by atoms with E-state index in [1.54, 1.807) is 0 Å². The molecule has 0 unspecified atom stereocenters. The standard InChI is InChI=1S/C9H8N2O/c12-9-6-8-7(3-5-11-9)2-1-4-10-8/h1-3,5-6,10H,4H2. The molecular formula is C9H8N2O. The van der Waals surface area contributed by atoms with E-state index in [0.717, 1.165) is 17.8 Å². The molecule has 0 saturated carbocycles. The van der Waals surface area contributed by atoms with Crippen molar-refractivity contribution in [3.63, 3.8) is 0 Å². The van der Waals surface area contributed by atoms with Gasteiger partial charge in [0, 0.05) is 24.5 Å². The van der Waals surface area contributed by atoms with Crippen molar-refractivity contribution in [2.45, 2.75) is 0 Å². The maximum Gasteiger partial charge on any atom is 0.271 e. The predicted octanol–water partition coefficient (Wildman–Crippen LogP) is 0.880. The second-order valence-electron chi connectivity index (χ2n) is 2.58. The summed E-state index contributed by atoms with van der Waals surface area (Å²) in [6.45, 7) is 0.774. The van der Waals surface area contributed by atoms with Crippen molar-refractivity contribution >= 4 is 11.8 Å². The quantitative estimate of drug-likeness (QED) is 0.612. The highest BCUT2D eigenvalue weighted by molar-refractivity contribution is 5.68. The van der Waals surface area contributed by atoms with Crippen molar-refractivity contribution in [2.24, 2.45) is 0 Å². The molecule has 2 rings (SSSR count). The smallest absolute Gasteiger partial charge is 0.271 e. The Labute approximate surface area is 69.8 Å². The largest absolute Gasteiger partial charge is 0.381 e. The first-order valence-corrected chi connectivity index (χ1v) is 3.77. The van der Waals surface area contributed by atoms with E-state index in [0.29, 0.717) is 0 Å². The number of rotatable bonds is 0. The van der Waals surface area contributed by atoms with Crippen LogP contribution in [0.5, 0.6) is 0 Å². The van der Waals surface area contributed by atoms with Gasteiger partial charge in [0.25, 0.3) is 5.56 Å². The summed E-state index contributed by atoms with van der Waals surface area (Å²) in [5.41, 5.74) is 1.66. The third-order valence-electron chi connectivity index (χ3n) is 1.74. The molecule has 0 spiro atoms. The van der Waals surface area contributed by atoms with Crippen LogP contribution in [0.1, 0.15) is 5.56 Å². The number of fused-ring (bicyclic) bond motifs is 1. The van der Waals surface area contributed by atoms with Gasteiger partial charge in [0.2, 0.25) is 0 Å². The first-order valence-electron chi connectivity index (χ1n) is 3.77. The van der Waals surface area contributed by atoms with Gasteiger partial charge in [-0.15, -0.1) is 0 Å². The molecule has 3 heteroatoms. The van der Waals surface area contributed by atoms with E-state index < -0.39 is 0 Å². The lowest BCUT2D eigenvalue weighted by molar-refractivity contribution is 1.27. The van der Waals surface area contributed by atoms with E-state index in [9.17, 15) is 4.79 Å². The Morgan fingerprint density at radius 3 is 3.33 bits per heavy atom. The van der Waals surface area contributed by atoms with Gasteiger partial charge in [0.05, 0.1) is 0 Å². The first kappa shape index (κ1) is 7.03. The number of hydrogen-bond donors (Lipinski definition) is 1. The van der Waals surface area contributed by atoms with Crippen LogP contribution in [0.2, 0.25) is 0 Å². The lowest BCUT2D eigenvalue weighted by Gasteiger charge is -2.08. The number of anilines is 1. The van der Waals surface area contributed by atoms with Crippen LogP contribution in [0.3, 0.4) is 0 Å². The average molecular weight is 160 g/mol. The van der Waals surface area contributed by atoms with Crippen LogP contribution >= 0.6 is 0 Å². The fourth-order valence-corrected chi connectivity index (χ4v) is 1.18. The molecule has 12 heavy (non-hydrogen) atoms. The van der Waals surface area contributed by atoms with Gasteiger partial charge in [0.1, 0.15) is 0 Å². The Balaban J connectivity index is 2.69. The highest BCUT2D eigenvalue weighted by Gasteiger charge is 2.00. The molecule has 1 N–H and O–H groups in total. The molecule has 1 aromatic heterocycles. The summed E-state index contributed by atoms with van der Waals surface area (Å²) in [6, 6.07) is 3.33. The first-order chi connectivity index (χ1) is 5.86. The van der Waals surface area contributed by atoms with E-state index in [1.807, 2.05) is 18.2 Å². The molecule has 1 aliphatic heterocycles. The highest BCUT2D eigenvalue weighted by Crippen LogP contribution is 2.16. The van der Waals surface area contributed by atoms with E-state index in [4.69, 9.17) is 0 Å². The molecule has 0 bridgehead atoms. The van der Waals surface area contributed by atoms with Gasteiger partial charge in [-0.05, 0) is 11.6 Å². The van der Waals surface area contributed by atoms with Crippen molar-refractivity contribution < 1.29 is 0 Å². The van der Waals surface area contributed by atoms with E-state index in [2.05, 4.69) is 10.3 Å².